The molecule has 17 heavy (non-hydrogen) atoms. The number of pyridine rings is 1. The van der Waals surface area contributed by atoms with E-state index in [-0.39, 0.29) is 23.7 Å². The van der Waals surface area contributed by atoms with Crippen molar-refractivity contribution < 1.29 is 15.1 Å². The van der Waals surface area contributed by atoms with E-state index in [1.54, 1.807) is 6.92 Å². The van der Waals surface area contributed by atoms with E-state index in [0.29, 0.717) is 5.56 Å². The highest BCUT2D eigenvalue weighted by Crippen LogP contribution is 2.22. The molecule has 0 aliphatic carbocycles. The number of hydrogen-bond acceptors (Lipinski definition) is 5. The van der Waals surface area contributed by atoms with Crippen molar-refractivity contribution in [2.45, 2.75) is 25.6 Å². The average Bonchev–Trinajstić information content (AvgIpc) is 2.27. The van der Waals surface area contributed by atoms with Crippen molar-refractivity contribution in [1.82, 2.24) is 4.98 Å². The van der Waals surface area contributed by atoms with Crippen LogP contribution in [0.15, 0.2) is 12.3 Å². The van der Waals surface area contributed by atoms with Crippen molar-refractivity contribution >= 4 is 17.3 Å². The molecule has 0 saturated heterocycles. The molecule has 0 amide bonds. The quantitative estimate of drug-likeness (QED) is 0.473. The number of nitrogens with zero attached hydrogens (tertiary/aromatic N) is 2. The van der Waals surface area contributed by atoms with Crippen molar-refractivity contribution in [3.63, 3.8) is 0 Å². The minimum Gasteiger partial charge on any atom is -0.390 e. The highest BCUT2D eigenvalue weighted by atomic mass is 35.5. The molecule has 2 unspecified atom stereocenters. The van der Waals surface area contributed by atoms with Crippen LogP contribution in [0.2, 0.25) is 0 Å². The van der Waals surface area contributed by atoms with E-state index in [1.807, 2.05) is 0 Å². The summed E-state index contributed by atoms with van der Waals surface area (Å²) in [5, 5.41) is 29.8. The van der Waals surface area contributed by atoms with E-state index in [0.717, 1.165) is 6.20 Å². The third kappa shape index (κ3) is 3.36. The van der Waals surface area contributed by atoms with Gasteiger partial charge < -0.3 is 10.2 Å². The number of aromatic nitrogens is 1. The molecule has 6 nitrogen and oxygen atoms in total. The lowest BCUT2D eigenvalue weighted by Gasteiger charge is -2.16. The van der Waals surface area contributed by atoms with Crippen molar-refractivity contribution in [2.24, 2.45) is 0 Å². The van der Waals surface area contributed by atoms with Gasteiger partial charge in [-0.3, -0.25) is 15.1 Å². The molecule has 2 atom stereocenters. The number of hydrogen-bond donors (Lipinski definition) is 2. The predicted octanol–water partition coefficient (Wildman–Crippen LogP) is 1.32. The SMILES string of the molecule is Cc1cc(C(O)C(O)CCCl)ncc1[N+](=O)[O-]. The lowest BCUT2D eigenvalue weighted by molar-refractivity contribution is -0.385. The van der Waals surface area contributed by atoms with Crippen LogP contribution in [0.4, 0.5) is 5.69 Å². The van der Waals surface area contributed by atoms with Gasteiger partial charge in [0, 0.05) is 11.4 Å². The first-order valence-electron chi connectivity index (χ1n) is 5.00. The van der Waals surface area contributed by atoms with Gasteiger partial charge in [0.2, 0.25) is 0 Å². The van der Waals surface area contributed by atoms with Gasteiger partial charge in [-0.15, -0.1) is 11.6 Å². The van der Waals surface area contributed by atoms with Gasteiger partial charge in [-0.25, -0.2) is 0 Å². The molecular weight excluding hydrogens is 248 g/mol. The first kappa shape index (κ1) is 13.8. The molecule has 0 fully saturated rings. The van der Waals surface area contributed by atoms with Crippen LogP contribution < -0.4 is 0 Å². The van der Waals surface area contributed by atoms with E-state index >= 15 is 0 Å². The zero-order chi connectivity index (χ0) is 13.0. The highest BCUT2D eigenvalue weighted by Gasteiger charge is 2.21. The largest absolute Gasteiger partial charge is 0.390 e. The van der Waals surface area contributed by atoms with Crippen LogP contribution in [-0.4, -0.2) is 32.1 Å². The molecule has 0 aromatic carbocycles. The molecule has 0 radical (unpaired) electrons. The maximum Gasteiger partial charge on any atom is 0.290 e. The number of aryl methyl sites for hydroxylation is 1. The Morgan fingerprint density at radius 3 is 2.71 bits per heavy atom. The predicted molar refractivity (Wildman–Crippen MR) is 61.9 cm³/mol. The zero-order valence-corrected chi connectivity index (χ0v) is 9.96. The van der Waals surface area contributed by atoms with E-state index in [9.17, 15) is 20.3 Å². The Balaban J connectivity index is 2.93. The molecule has 1 heterocycles. The van der Waals surface area contributed by atoms with E-state index in [2.05, 4.69) is 4.98 Å². The monoisotopic (exact) mass is 260 g/mol. The Labute approximate surface area is 103 Å². The molecule has 2 N–H and O–H groups in total. The summed E-state index contributed by atoms with van der Waals surface area (Å²) in [4.78, 5) is 13.8. The number of aliphatic hydroxyl groups excluding tert-OH is 2. The molecule has 0 saturated carbocycles. The normalized spacial score (nSPS) is 14.4. The Morgan fingerprint density at radius 2 is 2.24 bits per heavy atom. The Hall–Kier alpha value is -1.24. The zero-order valence-electron chi connectivity index (χ0n) is 9.21. The second-order valence-electron chi connectivity index (χ2n) is 3.64. The molecule has 0 aliphatic heterocycles. The third-order valence-corrected chi connectivity index (χ3v) is 2.59. The standard InChI is InChI=1S/C10H13ClN2O4/c1-6-4-7(10(15)9(14)2-3-11)12-5-8(6)13(16)17/h4-5,9-10,14-15H,2-3H2,1H3. The molecule has 1 aromatic heterocycles. The highest BCUT2D eigenvalue weighted by molar-refractivity contribution is 6.17. The number of alkyl halides is 1. The Bertz CT molecular complexity index is 413. The maximum atomic E-state index is 10.6. The summed E-state index contributed by atoms with van der Waals surface area (Å²) in [6.45, 7) is 1.55. The van der Waals surface area contributed by atoms with Crippen molar-refractivity contribution in [3.8, 4) is 0 Å². The summed E-state index contributed by atoms with van der Waals surface area (Å²) in [6.07, 6.45) is -0.920. The van der Waals surface area contributed by atoms with E-state index in [1.165, 1.54) is 6.07 Å². The smallest absolute Gasteiger partial charge is 0.290 e. The molecular formula is C10H13ClN2O4. The first-order chi connectivity index (χ1) is 7.97. The minimum absolute atomic E-state index is 0.118. The first-order valence-corrected chi connectivity index (χ1v) is 5.54. The lowest BCUT2D eigenvalue weighted by atomic mass is 10.1. The fourth-order valence-corrected chi connectivity index (χ4v) is 1.61. The summed E-state index contributed by atoms with van der Waals surface area (Å²) in [7, 11) is 0. The fourth-order valence-electron chi connectivity index (χ4n) is 1.39. The third-order valence-electron chi connectivity index (χ3n) is 2.37. The van der Waals surface area contributed by atoms with Gasteiger partial charge in [-0.1, -0.05) is 0 Å². The summed E-state index contributed by atoms with van der Waals surface area (Å²) in [6, 6.07) is 1.39. The maximum absolute atomic E-state index is 10.6. The van der Waals surface area contributed by atoms with Crippen molar-refractivity contribution in [2.75, 3.05) is 5.88 Å². The summed E-state index contributed by atoms with van der Waals surface area (Å²) in [5.74, 6) is 0.212. The average molecular weight is 261 g/mol. The molecule has 94 valence electrons. The lowest BCUT2D eigenvalue weighted by Crippen LogP contribution is -2.19. The number of halogens is 1. The van der Waals surface area contributed by atoms with Gasteiger partial charge in [-0.05, 0) is 19.4 Å². The molecule has 0 spiro atoms. The van der Waals surface area contributed by atoms with Crippen LogP contribution in [0.3, 0.4) is 0 Å². The van der Waals surface area contributed by atoms with Crippen LogP contribution in [0.1, 0.15) is 23.8 Å². The van der Waals surface area contributed by atoms with E-state index < -0.39 is 17.1 Å². The van der Waals surface area contributed by atoms with Crippen LogP contribution in [0, 0.1) is 17.0 Å². The Morgan fingerprint density at radius 1 is 1.59 bits per heavy atom. The molecule has 7 heteroatoms. The van der Waals surface area contributed by atoms with Crippen molar-refractivity contribution in [3.05, 3.63) is 33.6 Å². The number of rotatable bonds is 5. The molecule has 0 aliphatic rings. The summed E-state index contributed by atoms with van der Waals surface area (Å²) in [5.41, 5.74) is 0.468. The Kier molecular flexibility index (Phi) is 4.80. The van der Waals surface area contributed by atoms with Gasteiger partial charge in [-0.2, -0.15) is 0 Å². The van der Waals surface area contributed by atoms with Gasteiger partial charge in [0.25, 0.3) is 5.69 Å². The number of nitro groups is 1. The van der Waals surface area contributed by atoms with Crippen LogP contribution in [0.25, 0.3) is 0 Å². The topological polar surface area (TPSA) is 96.5 Å². The van der Waals surface area contributed by atoms with Gasteiger partial charge in [0.1, 0.15) is 12.3 Å². The second-order valence-corrected chi connectivity index (χ2v) is 4.02. The fraction of sp³-hybridized carbons (Fsp3) is 0.500. The van der Waals surface area contributed by atoms with E-state index in [4.69, 9.17) is 11.6 Å². The minimum atomic E-state index is -1.19. The van der Waals surface area contributed by atoms with Crippen LogP contribution in [0.5, 0.6) is 0 Å². The molecule has 1 rings (SSSR count). The summed E-state index contributed by atoms with van der Waals surface area (Å²) >= 11 is 5.45. The van der Waals surface area contributed by atoms with Gasteiger partial charge in [0.15, 0.2) is 0 Å². The number of aliphatic hydroxyl groups is 2. The van der Waals surface area contributed by atoms with Gasteiger partial charge in [0.05, 0.1) is 16.7 Å². The van der Waals surface area contributed by atoms with Gasteiger partial charge >= 0.3 is 0 Å². The second kappa shape index (κ2) is 5.90. The van der Waals surface area contributed by atoms with Crippen molar-refractivity contribution in [1.29, 1.82) is 0 Å². The molecule has 0 bridgehead atoms. The van der Waals surface area contributed by atoms with Crippen LogP contribution >= 0.6 is 11.6 Å². The summed E-state index contributed by atoms with van der Waals surface area (Å²) < 4.78 is 0. The molecule has 1 aromatic rings. The van der Waals surface area contributed by atoms with Crippen LogP contribution in [-0.2, 0) is 0 Å².